The molecule has 0 saturated heterocycles. The zero-order valence-corrected chi connectivity index (χ0v) is 11.1. The van der Waals surface area contributed by atoms with Gasteiger partial charge in [0.2, 0.25) is 0 Å². The third kappa shape index (κ3) is 2.24. The Hall–Kier alpha value is -2.43. The largest absolute Gasteiger partial charge is 0.465 e. The van der Waals surface area contributed by atoms with E-state index >= 15 is 0 Å². The molecule has 108 valence electrons. The van der Waals surface area contributed by atoms with Crippen LogP contribution in [0.3, 0.4) is 0 Å². The average Bonchev–Trinajstić information content (AvgIpc) is 2.49. The van der Waals surface area contributed by atoms with Crippen molar-refractivity contribution >= 4 is 6.09 Å². The van der Waals surface area contributed by atoms with Gasteiger partial charge in [0.15, 0.2) is 11.6 Å². The van der Waals surface area contributed by atoms with E-state index in [-0.39, 0.29) is 12.1 Å². The van der Waals surface area contributed by atoms with Crippen LogP contribution in [-0.2, 0) is 6.42 Å². The monoisotopic (exact) mass is 289 g/mol. The lowest BCUT2D eigenvalue weighted by Crippen LogP contribution is -2.40. The highest BCUT2D eigenvalue weighted by Gasteiger charge is 2.33. The molecular formula is C16H13F2NO2. The van der Waals surface area contributed by atoms with Gasteiger partial charge in [0, 0.05) is 12.1 Å². The molecule has 0 aliphatic carbocycles. The van der Waals surface area contributed by atoms with Crippen molar-refractivity contribution in [2.45, 2.75) is 12.5 Å². The van der Waals surface area contributed by atoms with Gasteiger partial charge in [-0.05, 0) is 23.6 Å². The number of nitrogens with zero attached hydrogens (tertiary/aromatic N) is 1. The van der Waals surface area contributed by atoms with Crippen LogP contribution in [0, 0.1) is 11.6 Å². The summed E-state index contributed by atoms with van der Waals surface area (Å²) in [5, 5.41) is 9.37. The van der Waals surface area contributed by atoms with E-state index in [9.17, 15) is 18.7 Å². The van der Waals surface area contributed by atoms with E-state index in [1.807, 2.05) is 12.1 Å². The Balaban J connectivity index is 2.20. The van der Waals surface area contributed by atoms with Crippen LogP contribution in [0.15, 0.2) is 42.5 Å². The lowest BCUT2D eigenvalue weighted by atomic mass is 9.88. The molecule has 21 heavy (non-hydrogen) atoms. The fourth-order valence-electron chi connectivity index (χ4n) is 2.84. The first kappa shape index (κ1) is 13.5. The maximum absolute atomic E-state index is 14.1. The minimum absolute atomic E-state index is 0.0459. The van der Waals surface area contributed by atoms with Crippen molar-refractivity contribution in [1.82, 2.24) is 4.90 Å². The molecule has 2 aromatic carbocycles. The summed E-state index contributed by atoms with van der Waals surface area (Å²) in [4.78, 5) is 12.6. The molecular weight excluding hydrogens is 276 g/mol. The maximum Gasteiger partial charge on any atom is 0.408 e. The summed E-state index contributed by atoms with van der Waals surface area (Å²) < 4.78 is 27.6. The molecule has 0 spiro atoms. The number of hydrogen-bond donors (Lipinski definition) is 1. The fraction of sp³-hybridized carbons (Fsp3) is 0.188. The van der Waals surface area contributed by atoms with Crippen molar-refractivity contribution in [3.63, 3.8) is 0 Å². The normalized spacial score (nSPS) is 17.4. The summed E-state index contributed by atoms with van der Waals surface area (Å²) in [6.07, 6.45) is -0.575. The molecule has 0 bridgehead atoms. The van der Waals surface area contributed by atoms with Crippen molar-refractivity contribution < 1.29 is 18.7 Å². The zero-order chi connectivity index (χ0) is 15.0. The van der Waals surface area contributed by atoms with Crippen LogP contribution in [0.25, 0.3) is 0 Å². The van der Waals surface area contributed by atoms with Gasteiger partial charge in [0.1, 0.15) is 0 Å². The molecule has 1 aliphatic rings. The van der Waals surface area contributed by atoms with Crippen LogP contribution < -0.4 is 0 Å². The SMILES string of the molecule is O=C(O)N1CCc2ccccc2[C@H]1c1cccc(F)c1F. The maximum atomic E-state index is 14.1. The van der Waals surface area contributed by atoms with E-state index in [0.717, 1.165) is 16.5 Å². The van der Waals surface area contributed by atoms with E-state index in [2.05, 4.69) is 0 Å². The molecule has 0 fully saturated rings. The molecule has 1 aliphatic heterocycles. The Kier molecular flexibility index (Phi) is 3.33. The van der Waals surface area contributed by atoms with Crippen LogP contribution >= 0.6 is 0 Å². The van der Waals surface area contributed by atoms with Crippen molar-refractivity contribution in [3.8, 4) is 0 Å². The van der Waals surface area contributed by atoms with Crippen LogP contribution in [0.4, 0.5) is 13.6 Å². The van der Waals surface area contributed by atoms with Gasteiger partial charge < -0.3 is 5.11 Å². The second-order valence-electron chi connectivity index (χ2n) is 4.97. The Bertz CT molecular complexity index is 702. The third-order valence-corrected chi connectivity index (χ3v) is 3.81. The minimum atomic E-state index is -1.14. The number of carbonyl (C=O) groups is 1. The first-order valence-corrected chi connectivity index (χ1v) is 6.61. The molecule has 2 aromatic rings. The highest BCUT2D eigenvalue weighted by atomic mass is 19.2. The summed E-state index contributed by atoms with van der Waals surface area (Å²) >= 11 is 0. The molecule has 0 unspecified atom stereocenters. The van der Waals surface area contributed by atoms with Gasteiger partial charge in [-0.2, -0.15) is 0 Å². The van der Waals surface area contributed by atoms with Gasteiger partial charge in [-0.3, -0.25) is 4.90 Å². The van der Waals surface area contributed by atoms with Crippen LogP contribution in [0.2, 0.25) is 0 Å². The van der Waals surface area contributed by atoms with E-state index in [1.165, 1.54) is 12.1 Å². The van der Waals surface area contributed by atoms with Gasteiger partial charge >= 0.3 is 6.09 Å². The predicted molar refractivity (Wildman–Crippen MR) is 73.1 cm³/mol. The molecule has 0 radical (unpaired) electrons. The van der Waals surface area contributed by atoms with Gasteiger partial charge in [0.05, 0.1) is 6.04 Å². The molecule has 3 nitrogen and oxygen atoms in total. The van der Waals surface area contributed by atoms with Crippen molar-refractivity contribution in [2.75, 3.05) is 6.54 Å². The number of amides is 1. The Morgan fingerprint density at radius 2 is 1.81 bits per heavy atom. The summed E-state index contributed by atoms with van der Waals surface area (Å²) in [6, 6.07) is 10.3. The number of rotatable bonds is 1. The van der Waals surface area contributed by atoms with E-state index in [0.29, 0.717) is 12.0 Å². The first-order chi connectivity index (χ1) is 10.1. The van der Waals surface area contributed by atoms with E-state index in [4.69, 9.17) is 0 Å². The summed E-state index contributed by atoms with van der Waals surface area (Å²) in [5.41, 5.74) is 1.71. The third-order valence-electron chi connectivity index (χ3n) is 3.81. The molecule has 5 heteroatoms. The lowest BCUT2D eigenvalue weighted by molar-refractivity contribution is 0.128. The van der Waals surface area contributed by atoms with E-state index < -0.39 is 23.8 Å². The Morgan fingerprint density at radius 1 is 1.10 bits per heavy atom. The van der Waals surface area contributed by atoms with Gasteiger partial charge in [-0.15, -0.1) is 0 Å². The van der Waals surface area contributed by atoms with Gasteiger partial charge in [-0.25, -0.2) is 13.6 Å². The number of fused-ring (bicyclic) bond motifs is 1. The molecule has 1 N–H and O–H groups in total. The molecule has 1 amide bonds. The van der Waals surface area contributed by atoms with Gasteiger partial charge in [0.25, 0.3) is 0 Å². The highest BCUT2D eigenvalue weighted by molar-refractivity contribution is 5.67. The fourth-order valence-corrected chi connectivity index (χ4v) is 2.84. The first-order valence-electron chi connectivity index (χ1n) is 6.61. The van der Waals surface area contributed by atoms with Crippen LogP contribution in [0.1, 0.15) is 22.7 Å². The zero-order valence-electron chi connectivity index (χ0n) is 11.1. The smallest absolute Gasteiger partial charge is 0.408 e. The van der Waals surface area contributed by atoms with Gasteiger partial charge in [-0.1, -0.05) is 36.4 Å². The minimum Gasteiger partial charge on any atom is -0.465 e. The topological polar surface area (TPSA) is 40.5 Å². The van der Waals surface area contributed by atoms with Crippen molar-refractivity contribution in [2.24, 2.45) is 0 Å². The van der Waals surface area contributed by atoms with Crippen LogP contribution in [0.5, 0.6) is 0 Å². The second-order valence-corrected chi connectivity index (χ2v) is 4.97. The Morgan fingerprint density at radius 3 is 2.57 bits per heavy atom. The second kappa shape index (κ2) is 5.16. The predicted octanol–water partition coefficient (Wildman–Crippen LogP) is 3.59. The average molecular weight is 289 g/mol. The summed E-state index contributed by atoms with van der Waals surface area (Å²) in [7, 11) is 0. The number of benzene rings is 2. The van der Waals surface area contributed by atoms with Crippen molar-refractivity contribution in [3.05, 3.63) is 70.8 Å². The number of halogens is 2. The lowest BCUT2D eigenvalue weighted by Gasteiger charge is -2.35. The molecule has 1 heterocycles. The van der Waals surface area contributed by atoms with E-state index in [1.54, 1.807) is 12.1 Å². The Labute approximate surface area is 120 Å². The molecule has 1 atom stereocenters. The molecule has 0 saturated carbocycles. The highest BCUT2D eigenvalue weighted by Crippen LogP contribution is 2.36. The molecule has 3 rings (SSSR count). The quantitative estimate of drug-likeness (QED) is 0.871. The number of hydrogen-bond acceptors (Lipinski definition) is 1. The number of carboxylic acid groups (broad SMARTS) is 1. The van der Waals surface area contributed by atoms with Crippen molar-refractivity contribution in [1.29, 1.82) is 0 Å². The summed E-state index contributed by atoms with van der Waals surface area (Å²) in [5.74, 6) is -1.97. The summed E-state index contributed by atoms with van der Waals surface area (Å²) in [6.45, 7) is 0.257. The standard InChI is InChI=1S/C16H13F2NO2/c17-13-7-3-6-12(14(13)18)15-11-5-2-1-4-10(11)8-9-19(15)16(20)21/h1-7,15H,8-9H2,(H,20,21)/t15-/m0/s1. The van der Waals surface area contributed by atoms with Crippen LogP contribution in [-0.4, -0.2) is 22.6 Å². The molecule has 0 aromatic heterocycles.